The molecule has 5 heteroatoms. The van der Waals surface area contributed by atoms with E-state index in [1.165, 1.54) is 0 Å². The van der Waals surface area contributed by atoms with Crippen molar-refractivity contribution in [2.45, 2.75) is 30.3 Å². The van der Waals surface area contributed by atoms with Crippen LogP contribution in [0.15, 0.2) is 35.6 Å². The van der Waals surface area contributed by atoms with E-state index in [-0.39, 0.29) is 6.61 Å². The van der Waals surface area contributed by atoms with Gasteiger partial charge in [-0.3, -0.25) is 0 Å². The Balaban J connectivity index is 1.95. The maximum atomic E-state index is 9.10. The molecule has 2 rings (SSSR count). The number of hydrogen-bond acceptors (Lipinski definition) is 5. The molecule has 1 heterocycles. The molecule has 1 aromatic heterocycles. The molecule has 1 unspecified atom stereocenters. The van der Waals surface area contributed by atoms with Crippen LogP contribution in [0.3, 0.4) is 0 Å². The summed E-state index contributed by atoms with van der Waals surface area (Å²) in [4.78, 5) is 8.58. The molecule has 0 fully saturated rings. The van der Waals surface area contributed by atoms with Gasteiger partial charge in [0, 0.05) is 10.9 Å². The number of thioether (sulfide) groups is 1. The van der Waals surface area contributed by atoms with Crippen LogP contribution in [0.25, 0.3) is 10.9 Å². The van der Waals surface area contributed by atoms with Crippen molar-refractivity contribution in [3.63, 3.8) is 0 Å². The average molecular weight is 277 g/mol. The molecule has 1 aromatic carbocycles. The van der Waals surface area contributed by atoms with Crippen molar-refractivity contribution in [1.29, 1.82) is 0 Å². The summed E-state index contributed by atoms with van der Waals surface area (Å²) in [6.45, 7) is 1.89. The van der Waals surface area contributed by atoms with Crippen LogP contribution < -0.4 is 5.73 Å². The van der Waals surface area contributed by atoms with Crippen molar-refractivity contribution in [2.24, 2.45) is 5.73 Å². The maximum absolute atomic E-state index is 9.10. The summed E-state index contributed by atoms with van der Waals surface area (Å²) in [7, 11) is 0. The van der Waals surface area contributed by atoms with E-state index in [9.17, 15) is 0 Å². The molecule has 0 saturated carbocycles. The molecule has 0 aliphatic carbocycles. The Labute approximate surface area is 117 Å². The molecule has 102 valence electrons. The van der Waals surface area contributed by atoms with Gasteiger partial charge in [0.1, 0.15) is 11.4 Å². The fourth-order valence-electron chi connectivity index (χ4n) is 1.82. The monoisotopic (exact) mass is 277 g/mol. The van der Waals surface area contributed by atoms with E-state index in [4.69, 9.17) is 10.8 Å². The Bertz CT molecular complexity index is 540. The summed E-state index contributed by atoms with van der Waals surface area (Å²) in [5.74, 6) is 0.938. The second-order valence-corrected chi connectivity index (χ2v) is 6.04. The zero-order valence-corrected chi connectivity index (χ0v) is 11.9. The molecule has 4 nitrogen and oxygen atoms in total. The fourth-order valence-corrected chi connectivity index (χ4v) is 2.75. The lowest BCUT2D eigenvalue weighted by molar-refractivity contribution is 0.200. The smallest absolute Gasteiger partial charge is 0.117 e. The number of fused-ring (bicyclic) bond motifs is 1. The Kier molecular flexibility index (Phi) is 4.74. The molecule has 0 spiro atoms. The van der Waals surface area contributed by atoms with Gasteiger partial charge in [-0.1, -0.05) is 18.2 Å². The first-order valence-corrected chi connectivity index (χ1v) is 7.33. The zero-order chi connectivity index (χ0) is 13.7. The molecule has 2 aromatic rings. The van der Waals surface area contributed by atoms with Crippen molar-refractivity contribution >= 4 is 22.7 Å². The Morgan fingerprint density at radius 2 is 2.11 bits per heavy atom. The van der Waals surface area contributed by atoms with Crippen LogP contribution in [0.1, 0.15) is 19.8 Å². The first kappa shape index (κ1) is 14.2. The number of aliphatic hydroxyl groups is 1. The molecule has 0 bridgehead atoms. The van der Waals surface area contributed by atoms with E-state index in [1.54, 1.807) is 18.1 Å². The number of rotatable bonds is 6. The van der Waals surface area contributed by atoms with E-state index in [2.05, 4.69) is 9.97 Å². The molecule has 0 aliphatic heterocycles. The lowest BCUT2D eigenvalue weighted by Crippen LogP contribution is -2.40. The minimum absolute atomic E-state index is 0.0219. The van der Waals surface area contributed by atoms with Crippen molar-refractivity contribution in [3.8, 4) is 0 Å². The molecule has 3 N–H and O–H groups in total. The largest absolute Gasteiger partial charge is 0.394 e. The molecule has 19 heavy (non-hydrogen) atoms. The van der Waals surface area contributed by atoms with Gasteiger partial charge in [0.05, 0.1) is 12.1 Å². The van der Waals surface area contributed by atoms with E-state index >= 15 is 0 Å². The molecule has 0 saturated heterocycles. The van der Waals surface area contributed by atoms with Gasteiger partial charge in [0.2, 0.25) is 0 Å². The minimum atomic E-state index is -0.478. The fraction of sp³-hybridized carbons (Fsp3) is 0.429. The van der Waals surface area contributed by atoms with Crippen LogP contribution in [0.5, 0.6) is 0 Å². The van der Waals surface area contributed by atoms with Crippen molar-refractivity contribution < 1.29 is 5.11 Å². The van der Waals surface area contributed by atoms with Crippen LogP contribution in [0, 0.1) is 0 Å². The minimum Gasteiger partial charge on any atom is -0.394 e. The molecule has 0 aliphatic rings. The van der Waals surface area contributed by atoms with Crippen molar-refractivity contribution in [2.75, 3.05) is 12.4 Å². The summed E-state index contributed by atoms with van der Waals surface area (Å²) in [6.07, 6.45) is 3.36. The highest BCUT2D eigenvalue weighted by Gasteiger charge is 2.16. The molecular formula is C14H19N3OS. The predicted molar refractivity (Wildman–Crippen MR) is 79.2 cm³/mol. The molecule has 0 radical (unpaired) electrons. The van der Waals surface area contributed by atoms with Crippen LogP contribution in [0.2, 0.25) is 0 Å². The van der Waals surface area contributed by atoms with E-state index < -0.39 is 5.54 Å². The van der Waals surface area contributed by atoms with E-state index in [0.717, 1.165) is 34.5 Å². The van der Waals surface area contributed by atoms with Crippen LogP contribution in [-0.4, -0.2) is 33.0 Å². The lowest BCUT2D eigenvalue weighted by atomic mass is 9.99. The van der Waals surface area contributed by atoms with Crippen LogP contribution in [0.4, 0.5) is 0 Å². The number of benzene rings is 1. The summed E-state index contributed by atoms with van der Waals surface area (Å²) >= 11 is 1.71. The summed E-state index contributed by atoms with van der Waals surface area (Å²) in [5, 5.41) is 11.2. The van der Waals surface area contributed by atoms with Crippen molar-refractivity contribution in [1.82, 2.24) is 9.97 Å². The number of para-hydroxylation sites is 1. The third-order valence-corrected chi connectivity index (χ3v) is 4.09. The Morgan fingerprint density at radius 3 is 2.89 bits per heavy atom. The number of hydrogen-bond donors (Lipinski definition) is 2. The third kappa shape index (κ3) is 3.89. The van der Waals surface area contributed by atoms with Gasteiger partial charge in [-0.05, 0) is 31.6 Å². The van der Waals surface area contributed by atoms with Gasteiger partial charge in [-0.2, -0.15) is 0 Å². The highest BCUT2D eigenvalue weighted by molar-refractivity contribution is 7.99. The lowest BCUT2D eigenvalue weighted by Gasteiger charge is -2.21. The predicted octanol–water partition coefficient (Wildman–Crippen LogP) is 2.21. The van der Waals surface area contributed by atoms with Crippen molar-refractivity contribution in [3.05, 3.63) is 30.6 Å². The normalized spacial score (nSPS) is 14.5. The van der Waals surface area contributed by atoms with E-state index in [1.807, 2.05) is 31.2 Å². The van der Waals surface area contributed by atoms with Crippen LogP contribution in [-0.2, 0) is 0 Å². The number of aromatic nitrogens is 2. The molecule has 0 amide bonds. The van der Waals surface area contributed by atoms with Gasteiger partial charge in [-0.15, -0.1) is 11.8 Å². The van der Waals surface area contributed by atoms with Gasteiger partial charge in [0.15, 0.2) is 0 Å². The third-order valence-electron chi connectivity index (χ3n) is 3.00. The van der Waals surface area contributed by atoms with Gasteiger partial charge in [0.25, 0.3) is 0 Å². The molecule has 1 atom stereocenters. The standard InChI is InChI=1S/C14H19N3OS/c1-14(15,9-18)7-4-8-19-13-11-5-2-3-6-12(11)16-10-17-13/h2-3,5-6,10,18H,4,7-9,15H2,1H3. The Hall–Kier alpha value is -1.17. The van der Waals surface area contributed by atoms with Gasteiger partial charge in [-0.25, -0.2) is 9.97 Å². The second-order valence-electron chi connectivity index (χ2n) is 4.96. The second kappa shape index (κ2) is 6.32. The summed E-state index contributed by atoms with van der Waals surface area (Å²) in [6, 6.07) is 8.01. The highest BCUT2D eigenvalue weighted by atomic mass is 32.2. The van der Waals surface area contributed by atoms with Crippen LogP contribution >= 0.6 is 11.8 Å². The van der Waals surface area contributed by atoms with E-state index in [0.29, 0.717) is 0 Å². The number of aliphatic hydroxyl groups excluding tert-OH is 1. The Morgan fingerprint density at radius 1 is 1.32 bits per heavy atom. The summed E-state index contributed by atoms with van der Waals surface area (Å²) in [5.41, 5.74) is 6.39. The summed E-state index contributed by atoms with van der Waals surface area (Å²) < 4.78 is 0. The first-order valence-electron chi connectivity index (χ1n) is 6.35. The number of nitrogens with zero attached hydrogens (tertiary/aromatic N) is 2. The average Bonchev–Trinajstić information content (AvgIpc) is 2.44. The first-order chi connectivity index (χ1) is 9.12. The number of nitrogens with two attached hydrogens (primary N) is 1. The topological polar surface area (TPSA) is 72.0 Å². The zero-order valence-electron chi connectivity index (χ0n) is 11.0. The van der Waals surface area contributed by atoms with Gasteiger partial charge >= 0.3 is 0 Å². The highest BCUT2D eigenvalue weighted by Crippen LogP contribution is 2.25. The maximum Gasteiger partial charge on any atom is 0.117 e. The molecular weight excluding hydrogens is 258 g/mol. The quantitative estimate of drug-likeness (QED) is 0.481. The van der Waals surface area contributed by atoms with Gasteiger partial charge < -0.3 is 10.8 Å². The SMILES string of the molecule is CC(N)(CO)CCCSc1ncnc2ccccc12.